The first-order chi connectivity index (χ1) is 15.2. The van der Waals surface area contributed by atoms with Crippen molar-refractivity contribution < 1.29 is 23.8 Å². The average molecular weight is 518 g/mol. The van der Waals surface area contributed by atoms with Crippen LogP contribution in [-0.2, 0) is 11.2 Å². The fourth-order valence-electron chi connectivity index (χ4n) is 4.37. The summed E-state index contributed by atoms with van der Waals surface area (Å²) >= 11 is 9.34. The molecule has 162 valence electrons. The van der Waals surface area contributed by atoms with Crippen LogP contribution in [0.1, 0.15) is 38.9 Å². The van der Waals surface area contributed by atoms with Gasteiger partial charge < -0.3 is 9.84 Å². The van der Waals surface area contributed by atoms with E-state index in [4.69, 9.17) is 16.3 Å². The zero-order valence-corrected chi connectivity index (χ0v) is 18.9. The lowest BCUT2D eigenvalue weighted by molar-refractivity contribution is -0.118. The zero-order valence-electron chi connectivity index (χ0n) is 16.6. The number of carbonyl (C=O) groups is 2. The van der Waals surface area contributed by atoms with E-state index in [-0.39, 0.29) is 44.2 Å². The molecule has 0 bridgehead atoms. The number of hydrogen-bond donors (Lipinski definition) is 1. The second-order valence-corrected chi connectivity index (χ2v) is 8.99. The van der Waals surface area contributed by atoms with Gasteiger partial charge in [-0.05, 0) is 47.1 Å². The van der Waals surface area contributed by atoms with Crippen LogP contribution in [0, 0.1) is 5.82 Å². The molecule has 0 spiro atoms. The van der Waals surface area contributed by atoms with E-state index in [0.717, 1.165) is 11.0 Å². The highest BCUT2D eigenvalue weighted by molar-refractivity contribution is 9.10. The van der Waals surface area contributed by atoms with E-state index in [9.17, 15) is 19.1 Å². The number of benzene rings is 2. The molecule has 1 N–H and O–H groups in total. The Morgan fingerprint density at radius 1 is 1.16 bits per heavy atom. The third-order valence-corrected chi connectivity index (χ3v) is 7.41. The molecule has 2 aromatic carbocycles. The molecular formula is C23H15BrClFN2O4. The number of halogens is 3. The number of pyridine rings is 1. The minimum absolute atomic E-state index is 0.0334. The topological polar surface area (TPSA) is 79.7 Å². The molecule has 2 amide bonds. The van der Waals surface area contributed by atoms with Crippen LogP contribution >= 0.6 is 27.5 Å². The van der Waals surface area contributed by atoms with Crippen molar-refractivity contribution in [1.29, 1.82) is 0 Å². The lowest BCUT2D eigenvalue weighted by Crippen LogP contribution is -2.56. The summed E-state index contributed by atoms with van der Waals surface area (Å²) in [4.78, 5) is 31.5. The molecule has 0 unspecified atom stereocenters. The van der Waals surface area contributed by atoms with Crippen molar-refractivity contribution in [2.75, 3.05) is 6.54 Å². The van der Waals surface area contributed by atoms with E-state index >= 15 is 0 Å². The number of ether oxygens (including phenoxy) is 1. The number of hydrogen-bond acceptors (Lipinski definition) is 5. The number of rotatable bonds is 3. The molecule has 0 saturated carbocycles. The van der Waals surface area contributed by atoms with E-state index in [0.29, 0.717) is 0 Å². The summed E-state index contributed by atoms with van der Waals surface area (Å²) in [6, 6.07) is 12.5. The first-order valence-electron chi connectivity index (χ1n) is 9.65. The average Bonchev–Trinajstić information content (AvgIpc) is 3.15. The van der Waals surface area contributed by atoms with Crippen molar-refractivity contribution in [3.8, 4) is 5.75 Å². The van der Waals surface area contributed by atoms with E-state index in [1.54, 1.807) is 42.5 Å². The number of carbonyl (C=O) groups excluding carboxylic acids is 2. The third-order valence-electron chi connectivity index (χ3n) is 6.02. The summed E-state index contributed by atoms with van der Waals surface area (Å²) in [7, 11) is 0. The van der Waals surface area contributed by atoms with Gasteiger partial charge in [-0.3, -0.25) is 19.5 Å². The molecular weight excluding hydrogens is 503 g/mol. The maximum absolute atomic E-state index is 14.4. The number of nitrogens with zero attached hydrogens (tertiary/aromatic N) is 2. The number of aliphatic hydroxyl groups is 1. The second kappa shape index (κ2) is 7.10. The van der Waals surface area contributed by atoms with Crippen molar-refractivity contribution >= 4 is 39.3 Å². The number of aromatic nitrogens is 1. The molecule has 6 nitrogen and oxygen atoms in total. The largest absolute Gasteiger partial charge is 0.475 e. The molecule has 0 aliphatic carbocycles. The Morgan fingerprint density at radius 2 is 1.78 bits per heavy atom. The Morgan fingerprint density at radius 3 is 2.38 bits per heavy atom. The van der Waals surface area contributed by atoms with Crippen LogP contribution in [0.2, 0.25) is 5.02 Å². The Balaban J connectivity index is 1.70. The summed E-state index contributed by atoms with van der Waals surface area (Å²) in [5, 5.41) is 11.6. The Bertz CT molecular complexity index is 1270. The van der Waals surface area contributed by atoms with Gasteiger partial charge in [0.25, 0.3) is 11.8 Å². The summed E-state index contributed by atoms with van der Waals surface area (Å²) < 4.78 is 20.7. The van der Waals surface area contributed by atoms with E-state index < -0.39 is 28.8 Å². The normalized spacial score (nSPS) is 23.8. The van der Waals surface area contributed by atoms with Crippen LogP contribution in [0.3, 0.4) is 0 Å². The predicted octanol–water partition coefficient (Wildman–Crippen LogP) is 4.43. The molecule has 32 heavy (non-hydrogen) atoms. The van der Waals surface area contributed by atoms with Crippen LogP contribution in [0.4, 0.5) is 4.39 Å². The number of fused-ring (bicyclic) bond motifs is 2. The van der Waals surface area contributed by atoms with Crippen molar-refractivity contribution in [2.45, 2.75) is 18.1 Å². The van der Waals surface area contributed by atoms with Crippen molar-refractivity contribution in [3.63, 3.8) is 0 Å². The highest BCUT2D eigenvalue weighted by atomic mass is 79.9. The van der Waals surface area contributed by atoms with Gasteiger partial charge >= 0.3 is 0 Å². The minimum Gasteiger partial charge on any atom is -0.475 e. The molecule has 3 aromatic rings. The van der Waals surface area contributed by atoms with Gasteiger partial charge in [-0.15, -0.1) is 0 Å². The number of amides is 2. The van der Waals surface area contributed by atoms with Crippen LogP contribution in [-0.4, -0.2) is 33.3 Å². The van der Waals surface area contributed by atoms with E-state index in [1.165, 1.54) is 13.1 Å². The predicted molar refractivity (Wildman–Crippen MR) is 117 cm³/mol. The SMILES string of the molecule is C[C@]1(O)c2c(cc(F)c(Cl)c2Br)O[C@]1(CN1C(=O)c2ccccc2C1=O)c1ccccn1. The molecule has 0 radical (unpaired) electrons. The molecule has 2 atom stereocenters. The van der Waals surface area contributed by atoms with Gasteiger partial charge in [0.15, 0.2) is 0 Å². The summed E-state index contributed by atoms with van der Waals surface area (Å²) in [5.74, 6) is -1.74. The van der Waals surface area contributed by atoms with Crippen molar-refractivity contribution in [1.82, 2.24) is 9.88 Å². The Hall–Kier alpha value is -2.81. The maximum atomic E-state index is 14.4. The van der Waals surface area contributed by atoms with Gasteiger partial charge in [-0.25, -0.2) is 4.39 Å². The van der Waals surface area contributed by atoms with E-state index in [2.05, 4.69) is 20.9 Å². The standard InChI is InChI=1S/C23H15BrClFN2O4/c1-22(31)17-15(10-14(26)19(25)18(17)24)32-23(22,16-8-4-5-9-27-16)11-28-20(29)12-6-2-3-7-13(12)21(28)30/h2-10,31H,11H2,1H3/t22-,23+/m0/s1. The van der Waals surface area contributed by atoms with Crippen molar-refractivity contribution in [3.05, 3.63) is 92.4 Å². The molecule has 9 heteroatoms. The summed E-state index contributed by atoms with van der Waals surface area (Å²) in [6.45, 7) is 1.11. The number of imide groups is 1. The quantitative estimate of drug-likeness (QED) is 0.411. The van der Waals surface area contributed by atoms with Gasteiger partial charge in [0.05, 0.1) is 28.4 Å². The van der Waals surface area contributed by atoms with Crippen molar-refractivity contribution in [2.24, 2.45) is 0 Å². The monoisotopic (exact) mass is 516 g/mol. The van der Waals surface area contributed by atoms with Gasteiger partial charge in [-0.2, -0.15) is 0 Å². The summed E-state index contributed by atoms with van der Waals surface area (Å²) in [6.07, 6.45) is 1.50. The van der Waals surface area contributed by atoms with Gasteiger partial charge in [0.1, 0.15) is 17.2 Å². The first-order valence-corrected chi connectivity index (χ1v) is 10.8. The molecule has 1 aromatic heterocycles. The van der Waals surface area contributed by atoms with Crippen LogP contribution < -0.4 is 4.74 Å². The minimum atomic E-state index is -1.85. The van der Waals surface area contributed by atoms with Crippen LogP contribution in [0.15, 0.2) is 59.2 Å². The third kappa shape index (κ3) is 2.69. The zero-order chi connectivity index (χ0) is 22.8. The Labute approximate surface area is 195 Å². The first kappa shape index (κ1) is 21.1. The molecule has 0 fully saturated rings. The highest BCUT2D eigenvalue weighted by Gasteiger charge is 2.62. The highest BCUT2D eigenvalue weighted by Crippen LogP contribution is 2.57. The smallest absolute Gasteiger partial charge is 0.261 e. The van der Waals surface area contributed by atoms with Gasteiger partial charge in [0, 0.05) is 22.3 Å². The van der Waals surface area contributed by atoms with Gasteiger partial charge in [-0.1, -0.05) is 29.8 Å². The fourth-order valence-corrected chi connectivity index (χ4v) is 5.29. The molecule has 3 heterocycles. The molecule has 5 rings (SSSR count). The second-order valence-electron chi connectivity index (χ2n) is 7.82. The maximum Gasteiger partial charge on any atom is 0.261 e. The van der Waals surface area contributed by atoms with E-state index in [1.807, 2.05) is 0 Å². The molecule has 2 aliphatic rings. The van der Waals surface area contributed by atoms with Crippen LogP contribution in [0.25, 0.3) is 0 Å². The fraction of sp³-hybridized carbons (Fsp3) is 0.174. The van der Waals surface area contributed by atoms with Crippen LogP contribution in [0.5, 0.6) is 5.75 Å². The Kier molecular flexibility index (Phi) is 4.67. The lowest BCUT2D eigenvalue weighted by atomic mass is 9.78. The molecule has 0 saturated heterocycles. The molecule has 2 aliphatic heterocycles. The van der Waals surface area contributed by atoms with Gasteiger partial charge in [0.2, 0.25) is 5.60 Å². The lowest BCUT2D eigenvalue weighted by Gasteiger charge is -2.40. The summed E-state index contributed by atoms with van der Waals surface area (Å²) in [5.41, 5.74) is -2.57.